The van der Waals surface area contributed by atoms with Crippen LogP contribution in [0.1, 0.15) is 66.9 Å². The monoisotopic (exact) mass is 318 g/mol. The largest absolute Gasteiger partial charge is 0.465 e. The van der Waals surface area contributed by atoms with Crippen molar-refractivity contribution in [3.05, 3.63) is 22.8 Å². The van der Waals surface area contributed by atoms with Crippen LogP contribution in [-0.4, -0.2) is 26.2 Å². The summed E-state index contributed by atoms with van der Waals surface area (Å²) in [6.45, 7) is 6.21. The van der Waals surface area contributed by atoms with Gasteiger partial charge in [-0.3, -0.25) is 0 Å². The van der Waals surface area contributed by atoms with Crippen LogP contribution in [0.3, 0.4) is 0 Å². The summed E-state index contributed by atoms with van der Waals surface area (Å²) in [4.78, 5) is 14.3. The Hall–Kier alpha value is -1.71. The van der Waals surface area contributed by atoms with Crippen molar-refractivity contribution in [2.45, 2.75) is 58.8 Å². The molecule has 0 aliphatic carbocycles. The van der Waals surface area contributed by atoms with Crippen molar-refractivity contribution in [1.29, 1.82) is 0 Å². The summed E-state index contributed by atoms with van der Waals surface area (Å²) in [6.07, 6.45) is 8.75. The number of carbonyl (C=O) groups is 1. The molecule has 0 atom stereocenters. The zero-order valence-corrected chi connectivity index (χ0v) is 14.8. The second kappa shape index (κ2) is 8.23. The lowest BCUT2D eigenvalue weighted by atomic mass is 10.0. The molecule has 0 aromatic heterocycles. The SMILES string of the molecule is CCCCCCCCN1CCc2cc(C(=O)OC)c(C)c(N)c21. The number of methoxy groups -OCH3 is 1. The number of hydrogen-bond acceptors (Lipinski definition) is 4. The molecule has 1 aliphatic heterocycles. The molecule has 0 amide bonds. The van der Waals surface area contributed by atoms with Gasteiger partial charge >= 0.3 is 5.97 Å². The van der Waals surface area contributed by atoms with E-state index < -0.39 is 0 Å². The Bertz CT molecular complexity index is 555. The maximum Gasteiger partial charge on any atom is 0.338 e. The van der Waals surface area contributed by atoms with Gasteiger partial charge in [0.15, 0.2) is 0 Å². The van der Waals surface area contributed by atoms with Gasteiger partial charge in [0.05, 0.1) is 24.0 Å². The van der Waals surface area contributed by atoms with Gasteiger partial charge in [-0.2, -0.15) is 0 Å². The summed E-state index contributed by atoms with van der Waals surface area (Å²) >= 11 is 0. The number of hydrogen-bond donors (Lipinski definition) is 1. The highest BCUT2D eigenvalue weighted by atomic mass is 16.5. The molecule has 1 aromatic carbocycles. The van der Waals surface area contributed by atoms with Crippen LogP contribution in [0.25, 0.3) is 0 Å². The summed E-state index contributed by atoms with van der Waals surface area (Å²) in [5, 5.41) is 0. The molecule has 1 aliphatic rings. The molecule has 0 fully saturated rings. The van der Waals surface area contributed by atoms with Crippen LogP contribution in [0.15, 0.2) is 6.07 Å². The second-order valence-corrected chi connectivity index (χ2v) is 6.47. The van der Waals surface area contributed by atoms with E-state index in [9.17, 15) is 4.79 Å². The Balaban J connectivity index is 2.02. The third-order valence-corrected chi connectivity index (χ3v) is 4.84. The molecule has 0 unspecified atom stereocenters. The highest BCUT2D eigenvalue weighted by molar-refractivity contribution is 5.96. The zero-order chi connectivity index (χ0) is 16.8. The average molecular weight is 318 g/mol. The molecule has 0 spiro atoms. The van der Waals surface area contributed by atoms with Crippen LogP contribution in [0, 0.1) is 6.92 Å². The van der Waals surface area contributed by atoms with Gasteiger partial charge in [0.1, 0.15) is 0 Å². The Morgan fingerprint density at radius 3 is 2.65 bits per heavy atom. The number of rotatable bonds is 8. The fraction of sp³-hybridized carbons (Fsp3) is 0.632. The minimum atomic E-state index is -0.300. The Morgan fingerprint density at radius 1 is 1.26 bits per heavy atom. The Morgan fingerprint density at radius 2 is 1.96 bits per heavy atom. The van der Waals surface area contributed by atoms with Gasteiger partial charge in [-0.25, -0.2) is 4.79 Å². The van der Waals surface area contributed by atoms with E-state index in [1.54, 1.807) is 0 Å². The van der Waals surface area contributed by atoms with Crippen molar-refractivity contribution in [1.82, 2.24) is 0 Å². The van der Waals surface area contributed by atoms with Gasteiger partial charge in [0, 0.05) is 13.1 Å². The number of nitrogens with zero attached hydrogens (tertiary/aromatic N) is 1. The van der Waals surface area contributed by atoms with E-state index in [0.29, 0.717) is 5.56 Å². The highest BCUT2D eigenvalue weighted by Crippen LogP contribution is 2.38. The number of unbranched alkanes of at least 4 members (excludes halogenated alkanes) is 5. The molecule has 0 radical (unpaired) electrons. The smallest absolute Gasteiger partial charge is 0.338 e. The molecule has 128 valence electrons. The molecule has 4 nitrogen and oxygen atoms in total. The normalized spacial score (nSPS) is 13.3. The quantitative estimate of drug-likeness (QED) is 0.446. The summed E-state index contributed by atoms with van der Waals surface area (Å²) in [7, 11) is 1.41. The van der Waals surface area contributed by atoms with Gasteiger partial charge in [-0.1, -0.05) is 39.0 Å². The number of nitrogens with two attached hydrogens (primary N) is 1. The van der Waals surface area contributed by atoms with E-state index in [0.717, 1.165) is 36.4 Å². The third kappa shape index (κ3) is 3.98. The Kier molecular flexibility index (Phi) is 6.31. The van der Waals surface area contributed by atoms with Crippen molar-refractivity contribution in [2.75, 3.05) is 30.8 Å². The van der Waals surface area contributed by atoms with Crippen LogP contribution in [0.4, 0.5) is 11.4 Å². The average Bonchev–Trinajstić information content (AvgIpc) is 2.96. The van der Waals surface area contributed by atoms with Crippen molar-refractivity contribution < 1.29 is 9.53 Å². The number of ether oxygens (including phenoxy) is 1. The lowest BCUT2D eigenvalue weighted by Crippen LogP contribution is -2.23. The molecule has 23 heavy (non-hydrogen) atoms. The van der Waals surface area contributed by atoms with E-state index in [4.69, 9.17) is 10.5 Å². The van der Waals surface area contributed by atoms with Gasteiger partial charge in [0.2, 0.25) is 0 Å². The number of nitrogen functional groups attached to an aromatic ring is 1. The molecule has 0 saturated heterocycles. The van der Waals surface area contributed by atoms with Gasteiger partial charge in [0.25, 0.3) is 0 Å². The van der Waals surface area contributed by atoms with Gasteiger partial charge < -0.3 is 15.4 Å². The number of fused-ring (bicyclic) bond motifs is 1. The van der Waals surface area contributed by atoms with Crippen molar-refractivity contribution in [2.24, 2.45) is 0 Å². The fourth-order valence-electron chi connectivity index (χ4n) is 3.41. The first-order valence-electron chi connectivity index (χ1n) is 8.85. The first kappa shape index (κ1) is 17.6. The van der Waals surface area contributed by atoms with E-state index in [1.165, 1.54) is 51.2 Å². The predicted molar refractivity (Wildman–Crippen MR) is 96.2 cm³/mol. The first-order chi connectivity index (χ1) is 11.1. The van der Waals surface area contributed by atoms with Crippen molar-refractivity contribution >= 4 is 17.3 Å². The molecule has 1 heterocycles. The predicted octanol–water partition coefficient (Wildman–Crippen LogP) is 4.09. The maximum atomic E-state index is 11.9. The highest BCUT2D eigenvalue weighted by Gasteiger charge is 2.26. The van der Waals surface area contributed by atoms with Gasteiger partial charge in [-0.05, 0) is 37.0 Å². The van der Waals surface area contributed by atoms with E-state index in [2.05, 4.69) is 11.8 Å². The van der Waals surface area contributed by atoms with Crippen LogP contribution in [0.5, 0.6) is 0 Å². The minimum absolute atomic E-state index is 0.300. The second-order valence-electron chi connectivity index (χ2n) is 6.47. The molecular weight excluding hydrogens is 288 g/mol. The van der Waals surface area contributed by atoms with Crippen molar-refractivity contribution in [3.8, 4) is 0 Å². The number of carbonyl (C=O) groups excluding carboxylic acids is 1. The third-order valence-electron chi connectivity index (χ3n) is 4.84. The summed E-state index contributed by atoms with van der Waals surface area (Å²) in [5.41, 5.74) is 10.8. The van der Waals surface area contributed by atoms with E-state index in [1.807, 2.05) is 13.0 Å². The Labute approximate surface area is 140 Å². The molecule has 0 bridgehead atoms. The lowest BCUT2D eigenvalue weighted by Gasteiger charge is -2.22. The molecule has 0 saturated carbocycles. The number of esters is 1. The zero-order valence-electron chi connectivity index (χ0n) is 14.8. The topological polar surface area (TPSA) is 55.6 Å². The molecular formula is C19H30N2O2. The molecule has 4 heteroatoms. The van der Waals surface area contributed by atoms with E-state index in [-0.39, 0.29) is 5.97 Å². The summed E-state index contributed by atoms with van der Waals surface area (Å²) < 4.78 is 4.86. The summed E-state index contributed by atoms with van der Waals surface area (Å²) in [5.74, 6) is -0.300. The molecule has 2 rings (SSSR count). The lowest BCUT2D eigenvalue weighted by molar-refractivity contribution is 0.0600. The van der Waals surface area contributed by atoms with E-state index >= 15 is 0 Å². The number of benzene rings is 1. The number of anilines is 2. The van der Waals surface area contributed by atoms with Crippen LogP contribution >= 0.6 is 0 Å². The fourth-order valence-corrected chi connectivity index (χ4v) is 3.41. The van der Waals surface area contributed by atoms with Crippen LogP contribution < -0.4 is 10.6 Å². The van der Waals surface area contributed by atoms with Crippen molar-refractivity contribution in [3.63, 3.8) is 0 Å². The maximum absolute atomic E-state index is 11.9. The van der Waals surface area contributed by atoms with Gasteiger partial charge in [-0.15, -0.1) is 0 Å². The summed E-state index contributed by atoms with van der Waals surface area (Å²) in [6, 6.07) is 1.97. The van der Waals surface area contributed by atoms with Crippen LogP contribution in [-0.2, 0) is 11.2 Å². The molecule has 1 aromatic rings. The van der Waals surface area contributed by atoms with Crippen LogP contribution in [0.2, 0.25) is 0 Å². The molecule has 2 N–H and O–H groups in total. The minimum Gasteiger partial charge on any atom is -0.465 e. The standard InChI is InChI=1S/C19H30N2O2/c1-4-5-6-7-8-9-11-21-12-10-15-13-16(19(22)23-3)14(2)17(20)18(15)21/h13H,4-12,20H2,1-3H3. The first-order valence-corrected chi connectivity index (χ1v) is 8.85.